The molecule has 0 aromatic rings. The zero-order valence-corrected chi connectivity index (χ0v) is 11.3. The summed E-state index contributed by atoms with van der Waals surface area (Å²) in [5.41, 5.74) is -0.0972. The first-order chi connectivity index (χ1) is 6.68. The second kappa shape index (κ2) is 7.61. The van der Waals surface area contributed by atoms with Gasteiger partial charge in [0.15, 0.2) is 0 Å². The van der Waals surface area contributed by atoms with Crippen LogP contribution in [0.25, 0.3) is 0 Å². The van der Waals surface area contributed by atoms with E-state index in [2.05, 4.69) is 0 Å². The molecule has 0 aliphatic carbocycles. The van der Waals surface area contributed by atoms with Crippen molar-refractivity contribution in [2.24, 2.45) is 11.3 Å². The minimum absolute atomic E-state index is 0.0972. The molecular weight excluding hydrogens is 188 g/mol. The number of ketones is 2. The lowest BCUT2D eigenvalue weighted by Crippen LogP contribution is -2.19. The highest BCUT2D eigenvalue weighted by atomic mass is 16.1. The van der Waals surface area contributed by atoms with Crippen LogP contribution in [0.2, 0.25) is 0 Å². The van der Waals surface area contributed by atoms with Crippen molar-refractivity contribution in [1.82, 2.24) is 0 Å². The molecular formula is C13H26O2. The van der Waals surface area contributed by atoms with Gasteiger partial charge in [0.1, 0.15) is 11.6 Å². The topological polar surface area (TPSA) is 34.1 Å². The van der Waals surface area contributed by atoms with Crippen molar-refractivity contribution >= 4 is 11.6 Å². The van der Waals surface area contributed by atoms with E-state index in [1.807, 2.05) is 34.6 Å². The van der Waals surface area contributed by atoms with Crippen molar-refractivity contribution in [3.05, 3.63) is 0 Å². The SMILES string of the molecule is CCC(C)(C)C(C)=O.CCC(C)C(C)=O. The number of carbonyl (C=O) groups excluding carboxylic acids is 2. The van der Waals surface area contributed by atoms with Gasteiger partial charge in [-0.1, -0.05) is 34.6 Å². The molecule has 15 heavy (non-hydrogen) atoms. The van der Waals surface area contributed by atoms with E-state index in [4.69, 9.17) is 0 Å². The summed E-state index contributed by atoms with van der Waals surface area (Å²) in [7, 11) is 0. The molecule has 90 valence electrons. The molecule has 0 aromatic carbocycles. The fourth-order valence-corrected chi connectivity index (χ4v) is 0.536. The minimum atomic E-state index is -0.0972. The zero-order chi connectivity index (χ0) is 12.6. The number of hydrogen-bond acceptors (Lipinski definition) is 2. The van der Waals surface area contributed by atoms with Gasteiger partial charge in [-0.15, -0.1) is 0 Å². The highest BCUT2D eigenvalue weighted by molar-refractivity contribution is 5.81. The average molecular weight is 214 g/mol. The smallest absolute Gasteiger partial charge is 0.135 e. The van der Waals surface area contributed by atoms with Crippen LogP contribution in [0, 0.1) is 11.3 Å². The van der Waals surface area contributed by atoms with E-state index in [1.54, 1.807) is 13.8 Å². The summed E-state index contributed by atoms with van der Waals surface area (Å²) in [6, 6.07) is 0. The molecule has 0 radical (unpaired) electrons. The molecule has 0 heterocycles. The highest BCUT2D eigenvalue weighted by Gasteiger charge is 2.19. The van der Waals surface area contributed by atoms with Gasteiger partial charge in [-0.25, -0.2) is 0 Å². The van der Waals surface area contributed by atoms with E-state index in [0.717, 1.165) is 12.8 Å². The van der Waals surface area contributed by atoms with Gasteiger partial charge in [-0.3, -0.25) is 9.59 Å². The lowest BCUT2D eigenvalue weighted by Gasteiger charge is -2.17. The molecule has 2 heteroatoms. The van der Waals surface area contributed by atoms with Crippen LogP contribution in [-0.4, -0.2) is 11.6 Å². The Kier molecular flexibility index (Phi) is 8.50. The lowest BCUT2D eigenvalue weighted by atomic mass is 9.86. The maximum Gasteiger partial charge on any atom is 0.135 e. The average Bonchev–Trinajstić information content (AvgIpc) is 2.17. The fourth-order valence-electron chi connectivity index (χ4n) is 0.536. The van der Waals surface area contributed by atoms with E-state index in [0.29, 0.717) is 5.78 Å². The number of carbonyl (C=O) groups is 2. The maximum atomic E-state index is 10.7. The van der Waals surface area contributed by atoms with E-state index in [1.165, 1.54) is 0 Å². The summed E-state index contributed by atoms with van der Waals surface area (Å²) < 4.78 is 0. The Morgan fingerprint density at radius 1 is 1.13 bits per heavy atom. The van der Waals surface area contributed by atoms with Crippen molar-refractivity contribution < 1.29 is 9.59 Å². The van der Waals surface area contributed by atoms with E-state index in [9.17, 15) is 9.59 Å². The maximum absolute atomic E-state index is 10.7. The number of rotatable bonds is 4. The first-order valence-corrected chi connectivity index (χ1v) is 5.70. The van der Waals surface area contributed by atoms with Gasteiger partial charge in [-0.2, -0.15) is 0 Å². The number of Topliss-reactive ketones (excluding diaryl/α,β-unsaturated/α-hetero) is 2. The Hall–Kier alpha value is -0.660. The molecule has 0 bridgehead atoms. The third kappa shape index (κ3) is 8.34. The molecule has 0 aliphatic heterocycles. The summed E-state index contributed by atoms with van der Waals surface area (Å²) >= 11 is 0. The summed E-state index contributed by atoms with van der Waals surface area (Å²) in [6.07, 6.45) is 1.90. The second-order valence-corrected chi connectivity index (χ2v) is 4.71. The van der Waals surface area contributed by atoms with Crippen molar-refractivity contribution in [1.29, 1.82) is 0 Å². The third-order valence-electron chi connectivity index (χ3n) is 3.14. The first kappa shape index (κ1) is 16.8. The van der Waals surface area contributed by atoms with Gasteiger partial charge in [-0.05, 0) is 26.7 Å². The van der Waals surface area contributed by atoms with Gasteiger partial charge in [0, 0.05) is 11.3 Å². The van der Waals surface area contributed by atoms with Gasteiger partial charge in [0.2, 0.25) is 0 Å². The monoisotopic (exact) mass is 214 g/mol. The molecule has 0 N–H and O–H groups in total. The standard InChI is InChI=1S/C7H14O.C6H12O/c1-5-7(3,4)6(2)8;1-4-5(2)6(3)7/h5H2,1-4H3;5H,4H2,1-3H3. The first-order valence-electron chi connectivity index (χ1n) is 5.70. The zero-order valence-electron chi connectivity index (χ0n) is 11.3. The van der Waals surface area contributed by atoms with Crippen LogP contribution >= 0.6 is 0 Å². The molecule has 0 saturated carbocycles. The predicted octanol–water partition coefficient (Wildman–Crippen LogP) is 3.63. The third-order valence-corrected chi connectivity index (χ3v) is 3.14. The van der Waals surface area contributed by atoms with Crippen LogP contribution in [0.4, 0.5) is 0 Å². The molecule has 0 amide bonds. The van der Waals surface area contributed by atoms with Gasteiger partial charge >= 0.3 is 0 Å². The predicted molar refractivity (Wildman–Crippen MR) is 64.9 cm³/mol. The van der Waals surface area contributed by atoms with Gasteiger partial charge < -0.3 is 0 Å². The van der Waals surface area contributed by atoms with Crippen molar-refractivity contribution in [3.8, 4) is 0 Å². The van der Waals surface area contributed by atoms with Crippen LogP contribution in [0.5, 0.6) is 0 Å². The number of hydrogen-bond donors (Lipinski definition) is 0. The molecule has 0 rings (SSSR count). The molecule has 1 atom stereocenters. The van der Waals surface area contributed by atoms with Crippen molar-refractivity contribution in [2.45, 2.75) is 61.3 Å². The van der Waals surface area contributed by atoms with E-state index >= 15 is 0 Å². The summed E-state index contributed by atoms with van der Waals surface area (Å²) in [6.45, 7) is 13.2. The summed E-state index contributed by atoms with van der Waals surface area (Å²) in [4.78, 5) is 21.1. The Labute approximate surface area is 94.4 Å². The van der Waals surface area contributed by atoms with Crippen molar-refractivity contribution in [3.63, 3.8) is 0 Å². The molecule has 1 unspecified atom stereocenters. The Balaban J connectivity index is 0. The quantitative estimate of drug-likeness (QED) is 0.716. The lowest BCUT2D eigenvalue weighted by molar-refractivity contribution is -0.125. The van der Waals surface area contributed by atoms with Crippen LogP contribution < -0.4 is 0 Å². The van der Waals surface area contributed by atoms with Crippen molar-refractivity contribution in [2.75, 3.05) is 0 Å². The van der Waals surface area contributed by atoms with Crippen LogP contribution in [0.3, 0.4) is 0 Å². The second-order valence-electron chi connectivity index (χ2n) is 4.71. The molecule has 0 spiro atoms. The molecule has 0 aromatic heterocycles. The Bertz CT molecular complexity index is 205. The molecule has 0 fully saturated rings. The summed E-state index contributed by atoms with van der Waals surface area (Å²) in [5, 5.41) is 0. The summed E-state index contributed by atoms with van der Waals surface area (Å²) in [5.74, 6) is 0.836. The van der Waals surface area contributed by atoms with Gasteiger partial charge in [0.05, 0.1) is 0 Å². The van der Waals surface area contributed by atoms with Gasteiger partial charge in [0.25, 0.3) is 0 Å². The Morgan fingerprint density at radius 3 is 1.53 bits per heavy atom. The van der Waals surface area contributed by atoms with E-state index < -0.39 is 0 Å². The van der Waals surface area contributed by atoms with E-state index in [-0.39, 0.29) is 17.1 Å². The van der Waals surface area contributed by atoms with Crippen LogP contribution in [0.15, 0.2) is 0 Å². The highest BCUT2D eigenvalue weighted by Crippen LogP contribution is 2.19. The van der Waals surface area contributed by atoms with Crippen LogP contribution in [0.1, 0.15) is 61.3 Å². The molecule has 0 aliphatic rings. The molecule has 0 saturated heterocycles. The molecule has 2 nitrogen and oxygen atoms in total. The minimum Gasteiger partial charge on any atom is -0.300 e. The normalized spacial score (nSPS) is 12.5. The largest absolute Gasteiger partial charge is 0.300 e. The Morgan fingerprint density at radius 2 is 1.53 bits per heavy atom. The van der Waals surface area contributed by atoms with Crippen LogP contribution in [-0.2, 0) is 9.59 Å². The fraction of sp³-hybridized carbons (Fsp3) is 0.846.